The number of fused-ring (bicyclic) bond motifs is 1. The zero-order valence-corrected chi connectivity index (χ0v) is 11.6. The van der Waals surface area contributed by atoms with E-state index in [1.165, 1.54) is 6.07 Å². The molecule has 4 heteroatoms. The minimum absolute atomic E-state index is 0.168. The Hall–Kier alpha value is -1.42. The minimum Gasteiger partial charge on any atom is -0.339 e. The molecule has 2 aliphatic heterocycles. The standard InChI is InChI=1S/C16H21FN2O/c17-14-4-2-1-3-12(14)8-10-19-15-7-9-18-11-13(15)5-6-16(19)20/h1-4,13,15,18H,5-11H2/t13-,15+/m1/s1. The van der Waals surface area contributed by atoms with Crippen LogP contribution in [0.3, 0.4) is 0 Å². The number of benzene rings is 1. The van der Waals surface area contributed by atoms with Crippen molar-refractivity contribution >= 4 is 5.91 Å². The highest BCUT2D eigenvalue weighted by atomic mass is 19.1. The van der Waals surface area contributed by atoms with Crippen molar-refractivity contribution in [2.45, 2.75) is 31.7 Å². The van der Waals surface area contributed by atoms with Gasteiger partial charge in [-0.1, -0.05) is 18.2 Å². The Labute approximate surface area is 119 Å². The third-order valence-corrected chi connectivity index (χ3v) is 4.60. The van der Waals surface area contributed by atoms with Crippen LogP contribution in [0.5, 0.6) is 0 Å². The molecule has 1 aromatic rings. The first kappa shape index (κ1) is 13.6. The SMILES string of the molecule is O=C1CC[C@@H]2CNCC[C@@H]2N1CCc1ccccc1F. The van der Waals surface area contributed by atoms with Crippen molar-refractivity contribution in [1.82, 2.24) is 10.2 Å². The van der Waals surface area contributed by atoms with E-state index in [-0.39, 0.29) is 11.7 Å². The number of rotatable bonds is 3. The lowest BCUT2D eigenvalue weighted by molar-refractivity contribution is -0.139. The number of hydrogen-bond donors (Lipinski definition) is 1. The summed E-state index contributed by atoms with van der Waals surface area (Å²) in [6.07, 6.45) is 3.26. The number of nitrogens with zero attached hydrogens (tertiary/aromatic N) is 1. The summed E-state index contributed by atoms with van der Waals surface area (Å²) in [5.41, 5.74) is 0.705. The van der Waals surface area contributed by atoms with E-state index in [2.05, 4.69) is 5.32 Å². The Morgan fingerprint density at radius 2 is 2.15 bits per heavy atom. The lowest BCUT2D eigenvalue weighted by Gasteiger charge is -2.44. The molecule has 0 spiro atoms. The monoisotopic (exact) mass is 276 g/mol. The number of likely N-dealkylation sites (tertiary alicyclic amines) is 1. The molecular formula is C16H21FN2O. The molecule has 0 aromatic heterocycles. The van der Waals surface area contributed by atoms with Gasteiger partial charge in [0.1, 0.15) is 5.82 Å². The highest BCUT2D eigenvalue weighted by Gasteiger charge is 2.36. The quantitative estimate of drug-likeness (QED) is 0.915. The maximum Gasteiger partial charge on any atom is 0.222 e. The first-order valence-electron chi connectivity index (χ1n) is 7.49. The average Bonchev–Trinajstić information content (AvgIpc) is 2.48. The van der Waals surface area contributed by atoms with Crippen LogP contribution in [-0.4, -0.2) is 36.5 Å². The maximum absolute atomic E-state index is 13.7. The van der Waals surface area contributed by atoms with Crippen LogP contribution in [0.25, 0.3) is 0 Å². The third kappa shape index (κ3) is 2.70. The summed E-state index contributed by atoms with van der Waals surface area (Å²) < 4.78 is 13.7. The summed E-state index contributed by atoms with van der Waals surface area (Å²) >= 11 is 0. The van der Waals surface area contributed by atoms with Gasteiger partial charge in [-0.15, -0.1) is 0 Å². The molecule has 3 nitrogen and oxygen atoms in total. The van der Waals surface area contributed by atoms with Crippen LogP contribution in [0.15, 0.2) is 24.3 Å². The van der Waals surface area contributed by atoms with Crippen molar-refractivity contribution in [3.05, 3.63) is 35.6 Å². The van der Waals surface area contributed by atoms with E-state index < -0.39 is 0 Å². The summed E-state index contributed by atoms with van der Waals surface area (Å²) in [7, 11) is 0. The molecule has 2 heterocycles. The van der Waals surface area contributed by atoms with Crippen molar-refractivity contribution in [2.24, 2.45) is 5.92 Å². The number of nitrogens with one attached hydrogen (secondary N) is 1. The zero-order chi connectivity index (χ0) is 13.9. The van der Waals surface area contributed by atoms with Crippen LogP contribution in [0.1, 0.15) is 24.8 Å². The predicted molar refractivity (Wildman–Crippen MR) is 75.8 cm³/mol. The molecule has 2 atom stereocenters. The largest absolute Gasteiger partial charge is 0.339 e. The molecular weight excluding hydrogens is 255 g/mol. The third-order valence-electron chi connectivity index (χ3n) is 4.60. The van der Waals surface area contributed by atoms with E-state index in [1.54, 1.807) is 6.07 Å². The van der Waals surface area contributed by atoms with Crippen molar-refractivity contribution in [3.8, 4) is 0 Å². The van der Waals surface area contributed by atoms with Gasteiger partial charge in [0.2, 0.25) is 5.91 Å². The molecule has 0 aliphatic carbocycles. The fourth-order valence-electron chi connectivity index (χ4n) is 3.48. The Morgan fingerprint density at radius 1 is 1.30 bits per heavy atom. The lowest BCUT2D eigenvalue weighted by atomic mass is 9.84. The molecule has 3 rings (SSSR count). The second-order valence-corrected chi connectivity index (χ2v) is 5.79. The van der Waals surface area contributed by atoms with E-state index >= 15 is 0 Å². The minimum atomic E-state index is -0.168. The van der Waals surface area contributed by atoms with Gasteiger partial charge < -0.3 is 10.2 Å². The molecule has 1 aromatic carbocycles. The normalized spacial score (nSPS) is 26.4. The van der Waals surface area contributed by atoms with Gasteiger partial charge in [0, 0.05) is 19.0 Å². The molecule has 1 N–H and O–H groups in total. The topological polar surface area (TPSA) is 32.3 Å². The molecule has 20 heavy (non-hydrogen) atoms. The van der Waals surface area contributed by atoms with Gasteiger partial charge in [0.05, 0.1) is 0 Å². The fourth-order valence-corrected chi connectivity index (χ4v) is 3.48. The lowest BCUT2D eigenvalue weighted by Crippen LogP contribution is -2.55. The van der Waals surface area contributed by atoms with E-state index in [4.69, 9.17) is 0 Å². The number of amides is 1. The van der Waals surface area contributed by atoms with Gasteiger partial charge in [-0.25, -0.2) is 4.39 Å². The van der Waals surface area contributed by atoms with Crippen LogP contribution in [-0.2, 0) is 11.2 Å². The molecule has 2 saturated heterocycles. The highest BCUT2D eigenvalue weighted by Crippen LogP contribution is 2.28. The number of piperidine rings is 2. The van der Waals surface area contributed by atoms with Gasteiger partial charge in [0.25, 0.3) is 0 Å². The molecule has 0 bridgehead atoms. The Morgan fingerprint density at radius 3 is 3.00 bits per heavy atom. The van der Waals surface area contributed by atoms with E-state index in [1.807, 2.05) is 17.0 Å². The first-order valence-corrected chi connectivity index (χ1v) is 7.49. The van der Waals surface area contributed by atoms with Gasteiger partial charge in [-0.05, 0) is 49.9 Å². The Balaban J connectivity index is 1.68. The summed E-state index contributed by atoms with van der Waals surface area (Å²) in [5.74, 6) is 0.644. The van der Waals surface area contributed by atoms with Crippen LogP contribution >= 0.6 is 0 Å². The van der Waals surface area contributed by atoms with Crippen molar-refractivity contribution in [1.29, 1.82) is 0 Å². The van der Waals surface area contributed by atoms with Crippen molar-refractivity contribution < 1.29 is 9.18 Å². The molecule has 2 fully saturated rings. The van der Waals surface area contributed by atoms with Crippen LogP contribution in [0.4, 0.5) is 4.39 Å². The number of carbonyl (C=O) groups is 1. The van der Waals surface area contributed by atoms with Crippen molar-refractivity contribution in [3.63, 3.8) is 0 Å². The van der Waals surface area contributed by atoms with Gasteiger partial charge in [-0.3, -0.25) is 4.79 Å². The first-order chi connectivity index (χ1) is 9.75. The Kier molecular flexibility index (Phi) is 4.01. The fraction of sp³-hybridized carbons (Fsp3) is 0.562. The second-order valence-electron chi connectivity index (χ2n) is 5.79. The number of halogens is 1. The second kappa shape index (κ2) is 5.92. The molecule has 0 radical (unpaired) electrons. The van der Waals surface area contributed by atoms with Gasteiger partial charge >= 0.3 is 0 Å². The van der Waals surface area contributed by atoms with Crippen LogP contribution in [0, 0.1) is 11.7 Å². The molecule has 0 saturated carbocycles. The van der Waals surface area contributed by atoms with E-state index in [0.717, 1.165) is 25.9 Å². The van der Waals surface area contributed by atoms with E-state index in [0.29, 0.717) is 36.9 Å². The van der Waals surface area contributed by atoms with Gasteiger partial charge in [0.15, 0.2) is 0 Å². The smallest absolute Gasteiger partial charge is 0.222 e. The number of hydrogen-bond acceptors (Lipinski definition) is 2. The van der Waals surface area contributed by atoms with Crippen LogP contribution < -0.4 is 5.32 Å². The average molecular weight is 276 g/mol. The predicted octanol–water partition coefficient (Wildman–Crippen LogP) is 1.97. The highest BCUT2D eigenvalue weighted by molar-refractivity contribution is 5.77. The molecule has 0 unspecified atom stereocenters. The summed E-state index contributed by atoms with van der Waals surface area (Å²) in [5, 5.41) is 3.40. The number of carbonyl (C=O) groups excluding carboxylic acids is 1. The molecule has 2 aliphatic rings. The van der Waals surface area contributed by atoms with E-state index in [9.17, 15) is 9.18 Å². The summed E-state index contributed by atoms with van der Waals surface area (Å²) in [4.78, 5) is 14.2. The molecule has 1 amide bonds. The summed E-state index contributed by atoms with van der Waals surface area (Å²) in [6.45, 7) is 2.62. The summed E-state index contributed by atoms with van der Waals surface area (Å²) in [6, 6.07) is 7.20. The zero-order valence-electron chi connectivity index (χ0n) is 11.6. The van der Waals surface area contributed by atoms with Crippen molar-refractivity contribution in [2.75, 3.05) is 19.6 Å². The van der Waals surface area contributed by atoms with Crippen LogP contribution in [0.2, 0.25) is 0 Å². The van der Waals surface area contributed by atoms with Gasteiger partial charge in [-0.2, -0.15) is 0 Å². The maximum atomic E-state index is 13.7. The Bertz CT molecular complexity index is 491. The molecule has 108 valence electrons.